The van der Waals surface area contributed by atoms with Crippen LogP contribution in [0.1, 0.15) is 23.0 Å². The molecule has 1 aliphatic rings. The van der Waals surface area contributed by atoms with E-state index in [1.165, 1.54) is 6.26 Å². The molecule has 1 amide bonds. The summed E-state index contributed by atoms with van der Waals surface area (Å²) >= 11 is 1.59. The van der Waals surface area contributed by atoms with Gasteiger partial charge in [0, 0.05) is 16.6 Å². The van der Waals surface area contributed by atoms with E-state index in [0.717, 1.165) is 4.90 Å². The Morgan fingerprint density at radius 2 is 2.14 bits per heavy atom. The van der Waals surface area contributed by atoms with Crippen LogP contribution in [0, 0.1) is 0 Å². The zero-order chi connectivity index (χ0) is 19.7. The van der Waals surface area contributed by atoms with Crippen molar-refractivity contribution in [3.05, 3.63) is 54.4 Å². The van der Waals surface area contributed by atoms with Crippen LogP contribution in [0.25, 0.3) is 11.5 Å². The largest absolute Gasteiger partial charge is 0.463 e. The molecule has 0 spiro atoms. The highest BCUT2D eigenvalue weighted by Crippen LogP contribution is 2.30. The minimum atomic E-state index is -3.09. The van der Waals surface area contributed by atoms with Crippen molar-refractivity contribution < 1.29 is 17.6 Å². The number of amides is 1. The summed E-state index contributed by atoms with van der Waals surface area (Å²) in [5, 5.41) is 7.28. The third kappa shape index (κ3) is 3.85. The van der Waals surface area contributed by atoms with E-state index in [4.69, 9.17) is 4.42 Å². The molecule has 4 rings (SSSR count). The lowest BCUT2D eigenvalue weighted by Crippen LogP contribution is -2.16. The number of hydrogen-bond donors (Lipinski definition) is 1. The predicted octanol–water partition coefficient (Wildman–Crippen LogP) is 3.48. The second-order valence-corrected chi connectivity index (χ2v) is 9.69. The molecular formula is C19H19N3O4S2. The van der Waals surface area contributed by atoms with Crippen molar-refractivity contribution in [2.45, 2.75) is 17.4 Å². The van der Waals surface area contributed by atoms with E-state index in [1.54, 1.807) is 34.6 Å². The van der Waals surface area contributed by atoms with Gasteiger partial charge in [0.25, 0.3) is 5.91 Å². The van der Waals surface area contributed by atoms with E-state index in [-0.39, 0.29) is 29.1 Å². The molecule has 1 fully saturated rings. The van der Waals surface area contributed by atoms with Crippen molar-refractivity contribution in [3.63, 3.8) is 0 Å². The number of nitrogens with one attached hydrogen (secondary N) is 1. The summed E-state index contributed by atoms with van der Waals surface area (Å²) < 4.78 is 30.9. The number of aromatic nitrogens is 2. The van der Waals surface area contributed by atoms with E-state index in [1.807, 2.05) is 30.5 Å². The number of benzene rings is 1. The number of furan rings is 1. The molecule has 3 aromatic rings. The van der Waals surface area contributed by atoms with Gasteiger partial charge in [0.1, 0.15) is 5.69 Å². The van der Waals surface area contributed by atoms with Gasteiger partial charge in [0.2, 0.25) is 0 Å². The molecule has 0 radical (unpaired) electrons. The number of sulfone groups is 1. The summed E-state index contributed by atoms with van der Waals surface area (Å²) in [5.41, 5.74) is 1.48. The molecule has 1 saturated heterocycles. The lowest BCUT2D eigenvalue weighted by atomic mass is 10.2. The van der Waals surface area contributed by atoms with Crippen molar-refractivity contribution in [1.29, 1.82) is 0 Å². The third-order valence-corrected chi connectivity index (χ3v) is 7.10. The maximum atomic E-state index is 12.7. The van der Waals surface area contributed by atoms with Gasteiger partial charge in [-0.1, -0.05) is 6.07 Å². The monoisotopic (exact) mass is 417 g/mol. The summed E-state index contributed by atoms with van der Waals surface area (Å²) in [6.07, 6.45) is 3.97. The molecule has 0 aliphatic carbocycles. The number of carbonyl (C=O) groups is 1. The SMILES string of the molecule is CSc1cccc(NC(=O)c2cc(-c3ccco3)n(C3CCS(=O)(=O)C3)n2)c1. The second-order valence-electron chi connectivity index (χ2n) is 6.58. The van der Waals surface area contributed by atoms with E-state index in [9.17, 15) is 13.2 Å². The van der Waals surface area contributed by atoms with Crippen molar-refractivity contribution in [3.8, 4) is 11.5 Å². The van der Waals surface area contributed by atoms with Crippen molar-refractivity contribution >= 4 is 33.2 Å². The van der Waals surface area contributed by atoms with Gasteiger partial charge >= 0.3 is 0 Å². The van der Waals surface area contributed by atoms with Crippen LogP contribution >= 0.6 is 11.8 Å². The molecular weight excluding hydrogens is 398 g/mol. The summed E-state index contributed by atoms with van der Waals surface area (Å²) in [5.74, 6) is 0.322. The first kappa shape index (κ1) is 18.8. The number of rotatable bonds is 5. The van der Waals surface area contributed by atoms with Crippen LogP contribution < -0.4 is 5.32 Å². The fraction of sp³-hybridized carbons (Fsp3) is 0.263. The minimum Gasteiger partial charge on any atom is -0.463 e. The zero-order valence-corrected chi connectivity index (χ0v) is 16.8. The molecule has 9 heteroatoms. The van der Waals surface area contributed by atoms with Crippen LogP contribution in [0.3, 0.4) is 0 Å². The van der Waals surface area contributed by atoms with Crippen LogP contribution in [0.4, 0.5) is 5.69 Å². The Bertz CT molecular complexity index is 1100. The van der Waals surface area contributed by atoms with Crippen molar-refractivity contribution in [2.75, 3.05) is 23.1 Å². The maximum Gasteiger partial charge on any atom is 0.276 e. The first-order valence-corrected chi connectivity index (χ1v) is 11.8. The first-order chi connectivity index (χ1) is 13.4. The Labute approximate surface area is 167 Å². The fourth-order valence-corrected chi connectivity index (χ4v) is 5.41. The number of anilines is 1. The molecule has 1 unspecified atom stereocenters. The van der Waals surface area contributed by atoms with Gasteiger partial charge in [-0.15, -0.1) is 11.8 Å². The standard InChI is InChI=1S/C19H19N3O4S2/c1-27-15-5-2-4-13(10-15)20-19(23)16-11-17(18-6-3-8-26-18)22(21-16)14-7-9-28(24,25)12-14/h2-6,8,10-11,14H,7,9,12H2,1H3,(H,20,23). The molecule has 146 valence electrons. The smallest absolute Gasteiger partial charge is 0.276 e. The maximum absolute atomic E-state index is 12.7. The van der Waals surface area contributed by atoms with Gasteiger partial charge in [-0.25, -0.2) is 8.42 Å². The molecule has 2 aromatic heterocycles. The molecule has 1 atom stereocenters. The van der Waals surface area contributed by atoms with Gasteiger partial charge in [-0.3, -0.25) is 9.48 Å². The van der Waals surface area contributed by atoms with Crippen LogP contribution in [0.2, 0.25) is 0 Å². The quantitative estimate of drug-likeness (QED) is 0.639. The van der Waals surface area contributed by atoms with Crippen LogP contribution in [-0.2, 0) is 9.84 Å². The highest BCUT2D eigenvalue weighted by Gasteiger charge is 2.32. The summed E-state index contributed by atoms with van der Waals surface area (Å²) in [6.45, 7) is 0. The van der Waals surface area contributed by atoms with Gasteiger partial charge in [-0.2, -0.15) is 5.10 Å². The Morgan fingerprint density at radius 3 is 2.82 bits per heavy atom. The van der Waals surface area contributed by atoms with Gasteiger partial charge in [0.05, 0.1) is 23.8 Å². The number of carbonyl (C=O) groups excluding carboxylic acids is 1. The first-order valence-electron chi connectivity index (χ1n) is 8.74. The average molecular weight is 418 g/mol. The number of nitrogens with zero attached hydrogens (tertiary/aromatic N) is 2. The Hall–Kier alpha value is -2.52. The van der Waals surface area contributed by atoms with Crippen LogP contribution in [0.15, 0.2) is 58.0 Å². The molecule has 1 N–H and O–H groups in total. The summed E-state index contributed by atoms with van der Waals surface area (Å²) in [4.78, 5) is 13.8. The highest BCUT2D eigenvalue weighted by molar-refractivity contribution is 7.98. The average Bonchev–Trinajstić information content (AvgIpc) is 3.40. The molecule has 0 saturated carbocycles. The van der Waals surface area contributed by atoms with E-state index in [0.29, 0.717) is 23.6 Å². The Kier molecular flexibility index (Phi) is 5.03. The van der Waals surface area contributed by atoms with E-state index < -0.39 is 9.84 Å². The molecule has 1 aliphatic heterocycles. The fourth-order valence-electron chi connectivity index (χ4n) is 3.26. The minimum absolute atomic E-state index is 0.0131. The highest BCUT2D eigenvalue weighted by atomic mass is 32.2. The topological polar surface area (TPSA) is 94.2 Å². The van der Waals surface area contributed by atoms with E-state index >= 15 is 0 Å². The summed E-state index contributed by atoms with van der Waals surface area (Å²) in [6, 6.07) is 12.4. The zero-order valence-electron chi connectivity index (χ0n) is 15.2. The number of hydrogen-bond acceptors (Lipinski definition) is 6. The Morgan fingerprint density at radius 1 is 1.29 bits per heavy atom. The number of thioether (sulfide) groups is 1. The summed E-state index contributed by atoms with van der Waals surface area (Å²) in [7, 11) is -3.09. The molecule has 3 heterocycles. The van der Waals surface area contributed by atoms with E-state index in [2.05, 4.69) is 10.4 Å². The van der Waals surface area contributed by atoms with Gasteiger partial charge < -0.3 is 9.73 Å². The Balaban J connectivity index is 1.66. The van der Waals surface area contributed by atoms with Crippen LogP contribution in [-0.4, -0.2) is 41.9 Å². The molecule has 28 heavy (non-hydrogen) atoms. The molecule has 1 aromatic carbocycles. The lowest BCUT2D eigenvalue weighted by molar-refractivity contribution is 0.102. The lowest BCUT2D eigenvalue weighted by Gasteiger charge is -2.11. The second kappa shape index (κ2) is 7.48. The van der Waals surface area contributed by atoms with Gasteiger partial charge in [-0.05, 0) is 43.0 Å². The van der Waals surface area contributed by atoms with Crippen LogP contribution in [0.5, 0.6) is 0 Å². The third-order valence-electron chi connectivity index (χ3n) is 4.62. The van der Waals surface area contributed by atoms with Crippen molar-refractivity contribution in [1.82, 2.24) is 9.78 Å². The van der Waals surface area contributed by atoms with Crippen molar-refractivity contribution in [2.24, 2.45) is 0 Å². The predicted molar refractivity (Wildman–Crippen MR) is 108 cm³/mol. The normalized spacial score (nSPS) is 18.2. The molecule has 7 nitrogen and oxygen atoms in total. The van der Waals surface area contributed by atoms with Gasteiger partial charge in [0.15, 0.2) is 21.3 Å². The molecule has 0 bridgehead atoms.